The van der Waals surface area contributed by atoms with Gasteiger partial charge in [0.25, 0.3) is 5.91 Å². The molecule has 4 rings (SSSR count). The molecule has 2 atom stereocenters. The highest BCUT2D eigenvalue weighted by atomic mass is 16.2. The van der Waals surface area contributed by atoms with Crippen LogP contribution in [0.4, 0.5) is 5.82 Å². The fourth-order valence-electron chi connectivity index (χ4n) is 4.17. The van der Waals surface area contributed by atoms with E-state index in [2.05, 4.69) is 39.9 Å². The molecule has 2 aromatic heterocycles. The molecule has 2 aromatic rings. The summed E-state index contributed by atoms with van der Waals surface area (Å²) >= 11 is 0. The van der Waals surface area contributed by atoms with Crippen molar-refractivity contribution in [3.63, 3.8) is 0 Å². The van der Waals surface area contributed by atoms with E-state index in [0.29, 0.717) is 23.4 Å². The van der Waals surface area contributed by atoms with Crippen LogP contribution in [-0.2, 0) is 7.05 Å². The van der Waals surface area contributed by atoms with Gasteiger partial charge in [-0.2, -0.15) is 5.10 Å². The fourth-order valence-corrected chi connectivity index (χ4v) is 4.17. The number of aryl methyl sites for hydroxylation is 2. The first kappa shape index (κ1) is 17.0. The van der Waals surface area contributed by atoms with Crippen LogP contribution in [0.25, 0.3) is 0 Å². The van der Waals surface area contributed by atoms with Gasteiger partial charge in [0.05, 0.1) is 5.69 Å². The van der Waals surface area contributed by atoms with Crippen molar-refractivity contribution in [1.82, 2.24) is 24.6 Å². The maximum Gasteiger partial charge on any atom is 0.272 e. The first-order chi connectivity index (χ1) is 12.4. The summed E-state index contributed by atoms with van der Waals surface area (Å²) in [5.41, 5.74) is 2.64. The molecule has 2 unspecified atom stereocenters. The fraction of sp³-hybridized carbons (Fsp3) is 0.579. The minimum absolute atomic E-state index is 0.0955. The third-order valence-electron chi connectivity index (χ3n) is 5.58. The molecule has 1 amide bonds. The van der Waals surface area contributed by atoms with Gasteiger partial charge in [-0.15, -0.1) is 0 Å². The van der Waals surface area contributed by atoms with Crippen LogP contribution < -0.4 is 4.90 Å². The van der Waals surface area contributed by atoms with Crippen molar-refractivity contribution in [2.75, 3.05) is 31.1 Å². The Bertz CT molecular complexity index is 815. The molecule has 0 aliphatic carbocycles. The van der Waals surface area contributed by atoms with Gasteiger partial charge in [0.1, 0.15) is 17.8 Å². The Hall–Kier alpha value is -2.44. The lowest BCUT2D eigenvalue weighted by Crippen LogP contribution is -2.34. The molecule has 2 aliphatic heterocycles. The lowest BCUT2D eigenvalue weighted by molar-refractivity contribution is 0.0771. The maximum atomic E-state index is 12.8. The number of amides is 1. The van der Waals surface area contributed by atoms with Gasteiger partial charge in [-0.05, 0) is 18.9 Å². The maximum absolute atomic E-state index is 12.8. The smallest absolute Gasteiger partial charge is 0.272 e. The number of nitrogens with zero attached hydrogens (tertiary/aromatic N) is 6. The van der Waals surface area contributed by atoms with E-state index in [1.165, 1.54) is 0 Å². The molecule has 0 saturated carbocycles. The van der Waals surface area contributed by atoms with Crippen LogP contribution in [0, 0.1) is 18.8 Å². The zero-order valence-corrected chi connectivity index (χ0v) is 15.9. The molecule has 0 aromatic carbocycles. The number of carbonyl (C=O) groups is 1. The summed E-state index contributed by atoms with van der Waals surface area (Å²) in [4.78, 5) is 26.0. The largest absolute Gasteiger partial charge is 0.356 e. The second kappa shape index (κ2) is 6.37. The SMILES string of the molecule is Cc1cc(C(=O)N2CC3CN(c4cc(C(C)C)ncn4)CC3C2)n(C)n1. The monoisotopic (exact) mass is 354 g/mol. The molecule has 0 spiro atoms. The summed E-state index contributed by atoms with van der Waals surface area (Å²) in [6.45, 7) is 9.74. The number of hydrogen-bond acceptors (Lipinski definition) is 5. The van der Waals surface area contributed by atoms with Crippen molar-refractivity contribution in [2.45, 2.75) is 26.7 Å². The highest BCUT2D eigenvalue weighted by Gasteiger charge is 2.42. The topological polar surface area (TPSA) is 67.2 Å². The Morgan fingerprint density at radius 3 is 2.38 bits per heavy atom. The predicted octanol–water partition coefficient (Wildman–Crippen LogP) is 1.85. The zero-order chi connectivity index (χ0) is 18.4. The number of anilines is 1. The number of carbonyl (C=O) groups excluding carboxylic acids is 1. The van der Waals surface area contributed by atoms with Gasteiger partial charge < -0.3 is 9.80 Å². The number of fused-ring (bicyclic) bond motifs is 1. The van der Waals surface area contributed by atoms with Gasteiger partial charge in [-0.1, -0.05) is 13.8 Å². The molecule has 7 heteroatoms. The molecule has 2 saturated heterocycles. The molecule has 2 fully saturated rings. The molecule has 138 valence electrons. The van der Waals surface area contributed by atoms with Gasteiger partial charge in [0.2, 0.25) is 0 Å². The summed E-state index contributed by atoms with van der Waals surface area (Å²) in [5, 5.41) is 4.30. The lowest BCUT2D eigenvalue weighted by Gasteiger charge is -2.23. The van der Waals surface area contributed by atoms with Gasteiger partial charge in [-0.3, -0.25) is 9.48 Å². The third-order valence-corrected chi connectivity index (χ3v) is 5.58. The number of aromatic nitrogens is 4. The summed E-state index contributed by atoms with van der Waals surface area (Å²) in [6.07, 6.45) is 1.67. The molecular weight excluding hydrogens is 328 g/mol. The van der Waals surface area contributed by atoms with Crippen LogP contribution in [0.2, 0.25) is 0 Å². The predicted molar refractivity (Wildman–Crippen MR) is 99.2 cm³/mol. The highest BCUT2D eigenvalue weighted by Crippen LogP contribution is 2.34. The molecule has 0 bridgehead atoms. The van der Waals surface area contributed by atoms with Crippen molar-refractivity contribution in [3.8, 4) is 0 Å². The molecule has 4 heterocycles. The van der Waals surface area contributed by atoms with Gasteiger partial charge in [-0.25, -0.2) is 9.97 Å². The second-order valence-corrected chi connectivity index (χ2v) is 7.89. The van der Waals surface area contributed by atoms with E-state index < -0.39 is 0 Å². The van der Waals surface area contributed by atoms with Crippen LogP contribution in [0.5, 0.6) is 0 Å². The first-order valence-corrected chi connectivity index (χ1v) is 9.29. The molecule has 7 nitrogen and oxygen atoms in total. The quantitative estimate of drug-likeness (QED) is 0.841. The standard InChI is InChI=1S/C19H26N6O/c1-12(2)16-6-18(21-11-20-16)24-7-14-9-25(10-15(14)8-24)19(26)17-5-13(3)22-23(17)4/h5-6,11-12,14-15H,7-10H2,1-4H3. The van der Waals surface area contributed by atoms with E-state index in [1.54, 1.807) is 11.0 Å². The first-order valence-electron chi connectivity index (χ1n) is 9.29. The van der Waals surface area contributed by atoms with E-state index >= 15 is 0 Å². The van der Waals surface area contributed by atoms with Crippen LogP contribution >= 0.6 is 0 Å². The summed E-state index contributed by atoms with van der Waals surface area (Å²) in [6, 6.07) is 3.98. The Kier molecular flexibility index (Phi) is 4.17. The average molecular weight is 354 g/mol. The number of likely N-dealkylation sites (tertiary alicyclic amines) is 1. The van der Waals surface area contributed by atoms with E-state index in [0.717, 1.165) is 43.4 Å². The third kappa shape index (κ3) is 2.95. The van der Waals surface area contributed by atoms with Crippen LogP contribution in [0.3, 0.4) is 0 Å². The average Bonchev–Trinajstić information content (AvgIpc) is 3.26. The van der Waals surface area contributed by atoms with Crippen molar-refractivity contribution in [3.05, 3.63) is 35.5 Å². The normalized spacial score (nSPS) is 22.3. The summed E-state index contributed by atoms with van der Waals surface area (Å²) < 4.78 is 1.69. The van der Waals surface area contributed by atoms with Crippen LogP contribution in [0.1, 0.15) is 41.6 Å². The van der Waals surface area contributed by atoms with Gasteiger partial charge in [0, 0.05) is 56.8 Å². The molecule has 2 aliphatic rings. The molecule has 26 heavy (non-hydrogen) atoms. The number of hydrogen-bond donors (Lipinski definition) is 0. The Balaban J connectivity index is 1.43. The van der Waals surface area contributed by atoms with E-state index in [-0.39, 0.29) is 5.91 Å². The Morgan fingerprint density at radius 1 is 1.12 bits per heavy atom. The van der Waals surface area contributed by atoms with Crippen molar-refractivity contribution in [2.24, 2.45) is 18.9 Å². The lowest BCUT2D eigenvalue weighted by atomic mass is 10.0. The van der Waals surface area contributed by atoms with Gasteiger partial charge >= 0.3 is 0 Å². The second-order valence-electron chi connectivity index (χ2n) is 7.89. The minimum Gasteiger partial charge on any atom is -0.356 e. The molecule has 0 N–H and O–H groups in total. The molecular formula is C19H26N6O. The van der Waals surface area contributed by atoms with E-state index in [4.69, 9.17) is 0 Å². The highest BCUT2D eigenvalue weighted by molar-refractivity contribution is 5.93. The summed E-state index contributed by atoms with van der Waals surface area (Å²) in [5.74, 6) is 2.52. The Labute approximate surface area is 154 Å². The summed E-state index contributed by atoms with van der Waals surface area (Å²) in [7, 11) is 1.83. The minimum atomic E-state index is 0.0955. The molecule has 0 radical (unpaired) electrons. The van der Waals surface area contributed by atoms with Crippen molar-refractivity contribution < 1.29 is 4.79 Å². The number of rotatable bonds is 3. The zero-order valence-electron chi connectivity index (χ0n) is 15.9. The van der Waals surface area contributed by atoms with Crippen molar-refractivity contribution >= 4 is 11.7 Å². The Morgan fingerprint density at radius 2 is 1.81 bits per heavy atom. The van der Waals surface area contributed by atoms with Gasteiger partial charge in [0.15, 0.2) is 0 Å². The van der Waals surface area contributed by atoms with E-state index in [9.17, 15) is 4.79 Å². The van der Waals surface area contributed by atoms with Crippen molar-refractivity contribution in [1.29, 1.82) is 0 Å². The van der Waals surface area contributed by atoms with Crippen LogP contribution in [-0.4, -0.2) is 56.7 Å². The van der Waals surface area contributed by atoms with Crippen LogP contribution in [0.15, 0.2) is 18.5 Å². The van der Waals surface area contributed by atoms with E-state index in [1.807, 2.05) is 24.9 Å².